The van der Waals surface area contributed by atoms with Crippen molar-refractivity contribution >= 4 is 5.95 Å². The third-order valence-corrected chi connectivity index (χ3v) is 3.59. The molecule has 0 radical (unpaired) electrons. The minimum atomic E-state index is -0.473. The molecular formula is C13H23N3O2. The highest BCUT2D eigenvalue weighted by molar-refractivity contribution is 5.28. The Labute approximate surface area is 108 Å². The van der Waals surface area contributed by atoms with Crippen molar-refractivity contribution in [1.82, 2.24) is 10.1 Å². The van der Waals surface area contributed by atoms with E-state index in [4.69, 9.17) is 4.52 Å². The first-order valence-corrected chi connectivity index (χ1v) is 6.86. The number of hydrogen-bond donors (Lipinski definition) is 1. The molecule has 1 saturated heterocycles. The Bertz CT molecular complexity index is 362. The molecule has 2 heterocycles. The lowest BCUT2D eigenvalue weighted by Gasteiger charge is -2.24. The maximum Gasteiger partial charge on any atom is 0.266 e. The predicted octanol–water partition coefficient (Wildman–Crippen LogP) is 2.18. The zero-order valence-corrected chi connectivity index (χ0v) is 11.5. The molecule has 0 amide bonds. The Morgan fingerprint density at radius 3 is 2.39 bits per heavy atom. The van der Waals surface area contributed by atoms with Gasteiger partial charge in [0.1, 0.15) is 0 Å². The summed E-state index contributed by atoms with van der Waals surface area (Å²) in [4.78, 5) is 6.63. The second-order valence-corrected chi connectivity index (χ2v) is 5.49. The number of hydrogen-bond acceptors (Lipinski definition) is 5. The van der Waals surface area contributed by atoms with Gasteiger partial charge in [-0.05, 0) is 37.3 Å². The van der Waals surface area contributed by atoms with Gasteiger partial charge in [-0.3, -0.25) is 0 Å². The smallest absolute Gasteiger partial charge is 0.266 e. The van der Waals surface area contributed by atoms with Crippen LogP contribution >= 0.6 is 0 Å². The monoisotopic (exact) mass is 253 g/mol. The number of aliphatic hydroxyl groups excluding tert-OH is 1. The fourth-order valence-corrected chi connectivity index (χ4v) is 2.63. The van der Waals surface area contributed by atoms with E-state index in [9.17, 15) is 5.11 Å². The largest absolute Gasteiger partial charge is 0.393 e. The summed E-state index contributed by atoms with van der Waals surface area (Å²) in [6.07, 6.45) is 3.19. The summed E-state index contributed by atoms with van der Waals surface area (Å²) >= 11 is 0. The van der Waals surface area contributed by atoms with Crippen LogP contribution in [0.4, 0.5) is 5.95 Å². The molecule has 18 heavy (non-hydrogen) atoms. The van der Waals surface area contributed by atoms with Gasteiger partial charge in [0.25, 0.3) is 5.95 Å². The Morgan fingerprint density at radius 2 is 1.83 bits per heavy atom. The molecule has 2 rings (SSSR count). The van der Waals surface area contributed by atoms with Crippen LogP contribution in [-0.2, 0) is 0 Å². The van der Waals surface area contributed by atoms with E-state index in [0.29, 0.717) is 11.8 Å². The molecule has 2 atom stereocenters. The Hall–Kier alpha value is -1.10. The Kier molecular flexibility index (Phi) is 4.22. The molecule has 5 nitrogen and oxygen atoms in total. The fraction of sp³-hybridized carbons (Fsp3) is 0.846. The van der Waals surface area contributed by atoms with Gasteiger partial charge in [-0.15, -0.1) is 0 Å². The van der Waals surface area contributed by atoms with Gasteiger partial charge in [-0.2, -0.15) is 4.98 Å². The van der Waals surface area contributed by atoms with Crippen LogP contribution in [-0.4, -0.2) is 34.4 Å². The van der Waals surface area contributed by atoms with Gasteiger partial charge in [0.05, 0.1) is 12.0 Å². The average molecular weight is 253 g/mol. The van der Waals surface area contributed by atoms with Crippen molar-refractivity contribution in [2.45, 2.75) is 52.1 Å². The molecule has 0 spiro atoms. The minimum Gasteiger partial charge on any atom is -0.393 e. The van der Waals surface area contributed by atoms with E-state index < -0.39 is 6.10 Å². The molecule has 1 aromatic rings. The van der Waals surface area contributed by atoms with Crippen LogP contribution < -0.4 is 4.90 Å². The maximum atomic E-state index is 9.81. The summed E-state index contributed by atoms with van der Waals surface area (Å²) in [5, 5.41) is 13.9. The number of aliphatic hydroxyl groups is 1. The van der Waals surface area contributed by atoms with E-state index in [1.165, 1.54) is 19.3 Å². The highest BCUT2D eigenvalue weighted by atomic mass is 16.5. The van der Waals surface area contributed by atoms with Gasteiger partial charge < -0.3 is 14.5 Å². The number of piperidine rings is 1. The van der Waals surface area contributed by atoms with Crippen molar-refractivity contribution in [2.75, 3.05) is 18.0 Å². The molecule has 1 aliphatic heterocycles. The minimum absolute atomic E-state index is 0.0870. The average Bonchev–Trinajstić information content (AvgIpc) is 2.78. The summed E-state index contributed by atoms with van der Waals surface area (Å²) in [6, 6.07) is 0. The van der Waals surface area contributed by atoms with Crippen LogP contribution in [0.1, 0.15) is 51.8 Å². The van der Waals surface area contributed by atoms with Crippen molar-refractivity contribution in [3.05, 3.63) is 5.89 Å². The Morgan fingerprint density at radius 1 is 1.17 bits per heavy atom. The lowest BCUT2D eigenvalue weighted by atomic mass is 9.91. The molecule has 1 aliphatic rings. The van der Waals surface area contributed by atoms with Crippen LogP contribution in [0.5, 0.6) is 0 Å². The Balaban J connectivity index is 2.13. The molecule has 1 N–H and O–H groups in total. The fourth-order valence-electron chi connectivity index (χ4n) is 2.63. The number of nitrogens with zero attached hydrogens (tertiary/aromatic N) is 3. The zero-order chi connectivity index (χ0) is 13.1. The van der Waals surface area contributed by atoms with E-state index in [2.05, 4.69) is 28.9 Å². The quantitative estimate of drug-likeness (QED) is 0.891. The van der Waals surface area contributed by atoms with Crippen LogP contribution in [0.2, 0.25) is 0 Å². The van der Waals surface area contributed by atoms with E-state index in [1.54, 1.807) is 6.92 Å². The second kappa shape index (κ2) is 5.69. The first-order chi connectivity index (χ1) is 8.59. The van der Waals surface area contributed by atoms with E-state index in [-0.39, 0.29) is 11.8 Å². The van der Waals surface area contributed by atoms with Gasteiger partial charge in [0.15, 0.2) is 0 Å². The standard InChI is InChI=1S/C13H23N3O2/c1-9(2)11(10(3)17)12-14-13(15-18-12)16-7-5-4-6-8-16/h9-11,17H,4-8H2,1-3H3. The molecule has 1 fully saturated rings. The molecular weight excluding hydrogens is 230 g/mol. The van der Waals surface area contributed by atoms with Gasteiger partial charge in [-0.25, -0.2) is 0 Å². The van der Waals surface area contributed by atoms with E-state index >= 15 is 0 Å². The molecule has 0 bridgehead atoms. The summed E-state index contributed by atoms with van der Waals surface area (Å²) in [6.45, 7) is 7.89. The number of aromatic nitrogens is 2. The summed E-state index contributed by atoms with van der Waals surface area (Å²) in [7, 11) is 0. The maximum absolute atomic E-state index is 9.81. The van der Waals surface area contributed by atoms with Crippen molar-refractivity contribution in [3.63, 3.8) is 0 Å². The van der Waals surface area contributed by atoms with Crippen LogP contribution in [0, 0.1) is 5.92 Å². The molecule has 2 unspecified atom stereocenters. The van der Waals surface area contributed by atoms with Crippen molar-refractivity contribution in [1.29, 1.82) is 0 Å². The third kappa shape index (κ3) is 2.83. The summed E-state index contributed by atoms with van der Waals surface area (Å²) in [5.74, 6) is 1.42. The summed E-state index contributed by atoms with van der Waals surface area (Å²) < 4.78 is 5.34. The first-order valence-electron chi connectivity index (χ1n) is 6.86. The van der Waals surface area contributed by atoms with Gasteiger partial charge in [0.2, 0.25) is 5.89 Å². The molecule has 1 aromatic heterocycles. The SMILES string of the molecule is CC(C)C(c1nc(N2CCCCC2)no1)C(C)O. The topological polar surface area (TPSA) is 62.4 Å². The number of anilines is 1. The predicted molar refractivity (Wildman–Crippen MR) is 69.6 cm³/mol. The molecule has 0 aliphatic carbocycles. The second-order valence-electron chi connectivity index (χ2n) is 5.49. The lowest BCUT2D eigenvalue weighted by molar-refractivity contribution is 0.120. The first kappa shape index (κ1) is 13.3. The van der Waals surface area contributed by atoms with Gasteiger partial charge in [-0.1, -0.05) is 13.8 Å². The molecule has 0 saturated carbocycles. The van der Waals surface area contributed by atoms with E-state index in [1.807, 2.05) is 0 Å². The van der Waals surface area contributed by atoms with Crippen LogP contribution in [0.15, 0.2) is 4.52 Å². The molecule has 102 valence electrons. The normalized spacial score (nSPS) is 20.2. The van der Waals surface area contributed by atoms with Crippen molar-refractivity contribution in [2.24, 2.45) is 5.92 Å². The van der Waals surface area contributed by atoms with Crippen molar-refractivity contribution in [3.8, 4) is 0 Å². The van der Waals surface area contributed by atoms with Gasteiger partial charge >= 0.3 is 0 Å². The lowest BCUT2D eigenvalue weighted by Crippen LogP contribution is -2.30. The number of rotatable bonds is 4. The third-order valence-electron chi connectivity index (χ3n) is 3.59. The zero-order valence-electron chi connectivity index (χ0n) is 11.5. The van der Waals surface area contributed by atoms with Crippen LogP contribution in [0.25, 0.3) is 0 Å². The highest BCUT2D eigenvalue weighted by Gasteiger charge is 2.28. The molecule has 0 aromatic carbocycles. The van der Waals surface area contributed by atoms with Gasteiger partial charge in [0, 0.05) is 13.1 Å². The van der Waals surface area contributed by atoms with E-state index in [0.717, 1.165) is 13.1 Å². The highest BCUT2D eigenvalue weighted by Crippen LogP contribution is 2.28. The molecule has 5 heteroatoms. The van der Waals surface area contributed by atoms with Crippen molar-refractivity contribution < 1.29 is 9.63 Å². The van der Waals surface area contributed by atoms with Crippen LogP contribution in [0.3, 0.4) is 0 Å². The summed E-state index contributed by atoms with van der Waals surface area (Å²) in [5.41, 5.74) is 0.